The lowest BCUT2D eigenvalue weighted by Crippen LogP contribution is -2.27. The Bertz CT molecular complexity index is 634. The Morgan fingerprint density at radius 1 is 1.10 bits per heavy atom. The number of benzene rings is 1. The fourth-order valence-corrected chi connectivity index (χ4v) is 3.69. The van der Waals surface area contributed by atoms with Crippen LogP contribution in [0.4, 0.5) is 5.82 Å². The largest absolute Gasteiger partial charge is 0.372 e. The van der Waals surface area contributed by atoms with Crippen LogP contribution in [0.1, 0.15) is 42.8 Å². The van der Waals surface area contributed by atoms with Gasteiger partial charge in [0.2, 0.25) is 0 Å². The van der Waals surface area contributed by atoms with Gasteiger partial charge in [0, 0.05) is 7.05 Å². The van der Waals surface area contributed by atoms with E-state index in [1.807, 2.05) is 14.0 Å². The molecule has 0 amide bonds. The summed E-state index contributed by atoms with van der Waals surface area (Å²) in [6, 6.07) is 10.7. The molecular formula is C17H20BrN3. The Balaban J connectivity index is 2.17. The minimum atomic E-state index is -0.0294. The molecule has 0 spiro atoms. The highest BCUT2D eigenvalue weighted by molar-refractivity contribution is 9.10. The van der Waals surface area contributed by atoms with Gasteiger partial charge >= 0.3 is 0 Å². The molecule has 1 aliphatic rings. The first-order valence-electron chi connectivity index (χ1n) is 7.45. The van der Waals surface area contributed by atoms with Gasteiger partial charge < -0.3 is 5.32 Å². The van der Waals surface area contributed by atoms with E-state index >= 15 is 0 Å². The summed E-state index contributed by atoms with van der Waals surface area (Å²) >= 11 is 3.57. The van der Waals surface area contributed by atoms with Crippen molar-refractivity contribution in [3.8, 4) is 0 Å². The Morgan fingerprint density at radius 3 is 2.38 bits per heavy atom. The fourth-order valence-electron chi connectivity index (χ4n) is 3.32. The van der Waals surface area contributed by atoms with Gasteiger partial charge in [-0.05, 0) is 41.3 Å². The molecule has 1 fully saturated rings. The molecule has 0 aliphatic heterocycles. The average Bonchev–Trinajstić information content (AvgIpc) is 3.01. The highest BCUT2D eigenvalue weighted by Gasteiger charge is 2.40. The van der Waals surface area contributed by atoms with E-state index in [0.29, 0.717) is 0 Å². The van der Waals surface area contributed by atoms with E-state index in [0.717, 1.165) is 34.7 Å². The molecule has 1 aromatic carbocycles. The lowest BCUT2D eigenvalue weighted by Gasteiger charge is -2.29. The smallest absolute Gasteiger partial charge is 0.144 e. The van der Waals surface area contributed by atoms with Crippen molar-refractivity contribution < 1.29 is 0 Å². The number of nitrogens with one attached hydrogen (secondary N) is 1. The molecule has 1 heterocycles. The van der Waals surface area contributed by atoms with Gasteiger partial charge in [-0.15, -0.1) is 0 Å². The summed E-state index contributed by atoms with van der Waals surface area (Å²) in [4.78, 5) is 9.63. The summed E-state index contributed by atoms with van der Waals surface area (Å²) < 4.78 is 0.954. The first-order chi connectivity index (χ1) is 10.2. The molecule has 0 atom stereocenters. The maximum atomic E-state index is 4.81. The second-order valence-electron chi connectivity index (χ2n) is 5.70. The highest BCUT2D eigenvalue weighted by atomic mass is 79.9. The second-order valence-corrected chi connectivity index (χ2v) is 6.49. The molecule has 1 N–H and O–H groups in total. The van der Waals surface area contributed by atoms with Crippen LogP contribution in [-0.2, 0) is 5.41 Å². The van der Waals surface area contributed by atoms with Crippen LogP contribution < -0.4 is 5.32 Å². The average molecular weight is 346 g/mol. The van der Waals surface area contributed by atoms with Gasteiger partial charge in [0.05, 0.1) is 15.6 Å². The maximum absolute atomic E-state index is 4.81. The van der Waals surface area contributed by atoms with Crippen LogP contribution in [0.5, 0.6) is 0 Å². The predicted octanol–water partition coefficient (Wildman–Crippen LogP) is 4.45. The van der Waals surface area contributed by atoms with Gasteiger partial charge in [-0.2, -0.15) is 0 Å². The highest BCUT2D eigenvalue weighted by Crippen LogP contribution is 2.45. The second kappa shape index (κ2) is 5.76. The monoisotopic (exact) mass is 345 g/mol. The predicted molar refractivity (Wildman–Crippen MR) is 89.7 cm³/mol. The Morgan fingerprint density at radius 2 is 1.76 bits per heavy atom. The third kappa shape index (κ3) is 2.46. The molecule has 0 unspecified atom stereocenters. The molecule has 4 heteroatoms. The molecule has 0 bridgehead atoms. The van der Waals surface area contributed by atoms with Crippen molar-refractivity contribution in [3.63, 3.8) is 0 Å². The molecule has 1 aliphatic carbocycles. The van der Waals surface area contributed by atoms with Crippen LogP contribution in [0.15, 0.2) is 34.8 Å². The maximum Gasteiger partial charge on any atom is 0.144 e. The van der Waals surface area contributed by atoms with Gasteiger partial charge in [0.25, 0.3) is 0 Å². The van der Waals surface area contributed by atoms with Gasteiger partial charge in [-0.1, -0.05) is 43.2 Å². The van der Waals surface area contributed by atoms with Crippen LogP contribution in [0.3, 0.4) is 0 Å². The Hall–Kier alpha value is -1.42. The zero-order valence-corrected chi connectivity index (χ0v) is 14.1. The van der Waals surface area contributed by atoms with Crippen molar-refractivity contribution in [2.45, 2.75) is 38.0 Å². The van der Waals surface area contributed by atoms with Gasteiger partial charge in [0.15, 0.2) is 0 Å². The number of halogens is 1. The lowest BCUT2D eigenvalue weighted by molar-refractivity contribution is 0.498. The number of nitrogens with zero attached hydrogens (tertiary/aromatic N) is 2. The number of hydrogen-bond donors (Lipinski definition) is 1. The molecule has 3 rings (SSSR count). The molecule has 0 radical (unpaired) electrons. The van der Waals surface area contributed by atoms with Gasteiger partial charge in [0.1, 0.15) is 11.6 Å². The van der Waals surface area contributed by atoms with Crippen LogP contribution in [-0.4, -0.2) is 17.0 Å². The summed E-state index contributed by atoms with van der Waals surface area (Å²) in [5.41, 5.74) is 2.30. The summed E-state index contributed by atoms with van der Waals surface area (Å²) in [7, 11) is 1.90. The molecule has 110 valence electrons. The van der Waals surface area contributed by atoms with Crippen molar-refractivity contribution in [2.24, 2.45) is 0 Å². The van der Waals surface area contributed by atoms with E-state index < -0.39 is 0 Å². The number of rotatable bonds is 3. The number of aromatic nitrogens is 2. The standard InChI is InChI=1S/C17H20BrN3/c1-12-14(18)15(19-2)21-16(20-12)17(10-6-7-11-17)13-8-4-3-5-9-13/h3-5,8-9H,6-7,10-11H2,1-2H3,(H,19,20,21). The summed E-state index contributed by atoms with van der Waals surface area (Å²) in [5.74, 6) is 1.83. The minimum Gasteiger partial charge on any atom is -0.372 e. The Labute approximate surface area is 134 Å². The third-order valence-corrected chi connectivity index (χ3v) is 5.41. The van der Waals surface area contributed by atoms with Gasteiger partial charge in [-0.3, -0.25) is 0 Å². The van der Waals surface area contributed by atoms with E-state index in [1.54, 1.807) is 0 Å². The van der Waals surface area contributed by atoms with Crippen LogP contribution in [0.2, 0.25) is 0 Å². The van der Waals surface area contributed by atoms with Crippen molar-refractivity contribution in [1.82, 2.24) is 9.97 Å². The normalized spacial score (nSPS) is 16.9. The van der Waals surface area contributed by atoms with Crippen LogP contribution >= 0.6 is 15.9 Å². The number of anilines is 1. The topological polar surface area (TPSA) is 37.8 Å². The lowest BCUT2D eigenvalue weighted by atomic mass is 9.78. The first-order valence-corrected chi connectivity index (χ1v) is 8.24. The summed E-state index contributed by atoms with van der Waals surface area (Å²) in [5, 5.41) is 3.17. The van der Waals surface area contributed by atoms with Crippen molar-refractivity contribution in [1.29, 1.82) is 0 Å². The number of hydrogen-bond acceptors (Lipinski definition) is 3. The van der Waals surface area contributed by atoms with E-state index in [2.05, 4.69) is 51.6 Å². The molecule has 1 saturated carbocycles. The molecule has 2 aromatic rings. The van der Waals surface area contributed by atoms with E-state index in [9.17, 15) is 0 Å². The SMILES string of the molecule is CNc1nc(C2(c3ccccc3)CCCC2)nc(C)c1Br. The third-order valence-electron chi connectivity index (χ3n) is 4.47. The first kappa shape index (κ1) is 14.5. The van der Waals surface area contributed by atoms with Crippen molar-refractivity contribution in [3.05, 3.63) is 51.9 Å². The van der Waals surface area contributed by atoms with Crippen LogP contribution in [0.25, 0.3) is 0 Å². The van der Waals surface area contributed by atoms with E-state index in [4.69, 9.17) is 9.97 Å². The molecular weight excluding hydrogens is 326 g/mol. The van der Waals surface area contributed by atoms with Gasteiger partial charge in [-0.25, -0.2) is 9.97 Å². The van der Waals surface area contributed by atoms with E-state index in [-0.39, 0.29) is 5.41 Å². The molecule has 0 saturated heterocycles. The fraction of sp³-hybridized carbons (Fsp3) is 0.412. The molecule has 3 nitrogen and oxygen atoms in total. The zero-order valence-electron chi connectivity index (χ0n) is 12.5. The molecule has 21 heavy (non-hydrogen) atoms. The minimum absolute atomic E-state index is 0.0294. The van der Waals surface area contributed by atoms with E-state index in [1.165, 1.54) is 18.4 Å². The summed E-state index contributed by atoms with van der Waals surface area (Å²) in [6.07, 6.45) is 4.73. The van der Waals surface area contributed by atoms with Crippen molar-refractivity contribution >= 4 is 21.7 Å². The zero-order chi connectivity index (χ0) is 14.9. The van der Waals surface area contributed by atoms with Crippen LogP contribution in [0, 0.1) is 6.92 Å². The summed E-state index contributed by atoms with van der Waals surface area (Å²) in [6.45, 7) is 2.03. The quantitative estimate of drug-likeness (QED) is 0.892. The Kier molecular flexibility index (Phi) is 3.98. The van der Waals surface area contributed by atoms with Crippen molar-refractivity contribution in [2.75, 3.05) is 12.4 Å². The number of aryl methyl sites for hydroxylation is 1. The molecule has 1 aromatic heterocycles.